The van der Waals surface area contributed by atoms with Gasteiger partial charge in [-0.3, -0.25) is 9.48 Å². The van der Waals surface area contributed by atoms with Crippen molar-refractivity contribution in [3.05, 3.63) is 50.6 Å². The predicted molar refractivity (Wildman–Crippen MR) is 75.1 cm³/mol. The van der Waals surface area contributed by atoms with Crippen LogP contribution in [0.15, 0.2) is 24.3 Å². The van der Waals surface area contributed by atoms with Gasteiger partial charge in [-0.1, -0.05) is 0 Å². The van der Waals surface area contributed by atoms with E-state index >= 15 is 0 Å². The van der Waals surface area contributed by atoms with Crippen LogP contribution >= 0.6 is 22.6 Å². The van der Waals surface area contributed by atoms with Gasteiger partial charge in [0.2, 0.25) is 0 Å². The molecule has 0 aliphatic rings. The summed E-state index contributed by atoms with van der Waals surface area (Å²) in [5.74, 6) is -0.352. The first kappa shape index (κ1) is 13.2. The largest absolute Gasteiger partial charge is 0.294 e. The van der Waals surface area contributed by atoms with Crippen LogP contribution in [0, 0.1) is 16.3 Å². The van der Waals surface area contributed by atoms with E-state index in [9.17, 15) is 9.18 Å². The maximum atomic E-state index is 13.0. The number of ketones is 1. The summed E-state index contributed by atoms with van der Waals surface area (Å²) in [5.41, 5.74) is 2.29. The quantitative estimate of drug-likeness (QED) is 0.625. The lowest BCUT2D eigenvalue weighted by Crippen LogP contribution is -2.09. The molecular weight excluding hydrogens is 346 g/mol. The zero-order valence-electron chi connectivity index (χ0n) is 10.1. The normalized spacial score (nSPS) is 10.7. The highest BCUT2D eigenvalue weighted by molar-refractivity contribution is 14.1. The lowest BCUT2D eigenvalue weighted by atomic mass is 10.1. The van der Waals surface area contributed by atoms with Crippen molar-refractivity contribution in [3.63, 3.8) is 0 Å². The number of aromatic nitrogens is 2. The Labute approximate surface area is 118 Å². The molecule has 18 heavy (non-hydrogen) atoms. The van der Waals surface area contributed by atoms with Gasteiger partial charge in [0.1, 0.15) is 5.82 Å². The average Bonchev–Trinajstić information content (AvgIpc) is 2.57. The highest BCUT2D eigenvalue weighted by atomic mass is 127. The van der Waals surface area contributed by atoms with Crippen LogP contribution in [0.3, 0.4) is 0 Å². The van der Waals surface area contributed by atoms with Crippen LogP contribution in [0.2, 0.25) is 0 Å². The molecule has 5 heteroatoms. The van der Waals surface area contributed by atoms with Gasteiger partial charge in [-0.05, 0) is 53.8 Å². The lowest BCUT2D eigenvalue weighted by Gasteiger charge is -2.04. The van der Waals surface area contributed by atoms with Gasteiger partial charge in [-0.15, -0.1) is 0 Å². The Kier molecular flexibility index (Phi) is 3.79. The van der Waals surface area contributed by atoms with E-state index in [1.807, 2.05) is 42.6 Å². The van der Waals surface area contributed by atoms with Crippen molar-refractivity contribution >= 4 is 28.4 Å². The van der Waals surface area contributed by atoms with Gasteiger partial charge in [0, 0.05) is 21.9 Å². The number of Topliss-reactive ketones (excluding diaryl/α,β-unsaturated/α-hetero) is 1. The van der Waals surface area contributed by atoms with Gasteiger partial charge in [0.25, 0.3) is 0 Å². The molecule has 0 radical (unpaired) electrons. The minimum absolute atomic E-state index is 0.0256. The van der Waals surface area contributed by atoms with Gasteiger partial charge in [-0.2, -0.15) is 5.10 Å². The zero-order valence-corrected chi connectivity index (χ0v) is 12.2. The second-order valence-electron chi connectivity index (χ2n) is 4.12. The molecule has 0 N–H and O–H groups in total. The van der Waals surface area contributed by atoms with Crippen LogP contribution in [-0.4, -0.2) is 15.6 Å². The van der Waals surface area contributed by atoms with Gasteiger partial charge in [0.05, 0.1) is 12.1 Å². The molecule has 1 aromatic carbocycles. The van der Waals surface area contributed by atoms with Crippen molar-refractivity contribution in [1.29, 1.82) is 0 Å². The van der Waals surface area contributed by atoms with Gasteiger partial charge in [0.15, 0.2) is 5.78 Å². The number of carbonyl (C=O) groups is 1. The summed E-state index contributed by atoms with van der Waals surface area (Å²) < 4.78 is 15.3. The summed E-state index contributed by atoms with van der Waals surface area (Å²) in [6.07, 6.45) is 0.277. The number of rotatable bonds is 3. The fraction of sp³-hybridized carbons (Fsp3) is 0.231. The molecule has 0 aliphatic carbocycles. The van der Waals surface area contributed by atoms with Crippen molar-refractivity contribution in [2.45, 2.75) is 13.3 Å². The molecule has 0 aliphatic heterocycles. The van der Waals surface area contributed by atoms with Crippen molar-refractivity contribution in [3.8, 4) is 0 Å². The monoisotopic (exact) mass is 358 g/mol. The van der Waals surface area contributed by atoms with Crippen LogP contribution in [-0.2, 0) is 13.5 Å². The number of nitrogens with zero attached hydrogens (tertiary/aromatic N) is 2. The maximum absolute atomic E-state index is 13.0. The SMILES string of the molecule is Cc1cc(CC(=O)c2ccc(F)cc2I)n(C)n1. The number of hydrogen-bond acceptors (Lipinski definition) is 2. The third-order valence-corrected chi connectivity index (χ3v) is 3.56. The first-order valence-corrected chi connectivity index (χ1v) is 6.53. The second-order valence-corrected chi connectivity index (χ2v) is 5.29. The fourth-order valence-corrected chi connectivity index (χ4v) is 2.58. The molecule has 1 aromatic heterocycles. The van der Waals surface area contributed by atoms with Crippen molar-refractivity contribution in [2.75, 3.05) is 0 Å². The summed E-state index contributed by atoms with van der Waals surface area (Å²) in [5, 5.41) is 4.20. The smallest absolute Gasteiger partial charge is 0.169 e. The summed E-state index contributed by atoms with van der Waals surface area (Å²) in [4.78, 5) is 12.1. The molecule has 0 unspecified atom stereocenters. The molecule has 3 nitrogen and oxygen atoms in total. The van der Waals surface area contributed by atoms with Crippen LogP contribution in [0.25, 0.3) is 0 Å². The molecule has 0 fully saturated rings. The van der Waals surface area contributed by atoms with E-state index in [0.717, 1.165) is 11.4 Å². The number of carbonyl (C=O) groups excluding carboxylic acids is 1. The number of benzene rings is 1. The molecule has 1 heterocycles. The van der Waals surface area contributed by atoms with Crippen LogP contribution in [0.1, 0.15) is 21.7 Å². The Balaban J connectivity index is 2.24. The molecule has 0 bridgehead atoms. The summed E-state index contributed by atoms with van der Waals surface area (Å²) in [6, 6.07) is 6.09. The van der Waals surface area contributed by atoms with Crippen molar-refractivity contribution in [1.82, 2.24) is 9.78 Å². The Bertz CT molecular complexity index is 607. The first-order valence-electron chi connectivity index (χ1n) is 5.45. The number of hydrogen-bond donors (Lipinski definition) is 0. The van der Waals surface area contributed by atoms with Crippen LogP contribution in [0.4, 0.5) is 4.39 Å². The summed E-state index contributed by atoms with van der Waals surface area (Å²) in [7, 11) is 1.81. The van der Waals surface area contributed by atoms with Crippen LogP contribution in [0.5, 0.6) is 0 Å². The fourth-order valence-electron chi connectivity index (χ4n) is 1.81. The molecular formula is C13H12FIN2O. The molecule has 0 atom stereocenters. The third kappa shape index (κ3) is 2.77. The van der Waals surface area contributed by atoms with E-state index in [1.165, 1.54) is 18.2 Å². The average molecular weight is 358 g/mol. The molecule has 0 saturated carbocycles. The highest BCUT2D eigenvalue weighted by Crippen LogP contribution is 2.16. The Hall–Kier alpha value is -1.24. The van der Waals surface area contributed by atoms with E-state index in [4.69, 9.17) is 0 Å². The van der Waals surface area contributed by atoms with E-state index in [2.05, 4.69) is 5.10 Å². The first-order chi connectivity index (χ1) is 8.47. The molecule has 94 valence electrons. The summed E-state index contributed by atoms with van der Waals surface area (Å²) >= 11 is 1.97. The van der Waals surface area contributed by atoms with Crippen molar-refractivity contribution < 1.29 is 9.18 Å². The number of aryl methyl sites for hydroxylation is 2. The summed E-state index contributed by atoms with van der Waals surface area (Å²) in [6.45, 7) is 1.88. The lowest BCUT2D eigenvalue weighted by molar-refractivity contribution is 0.0990. The Morgan fingerprint density at radius 1 is 1.44 bits per heavy atom. The topological polar surface area (TPSA) is 34.9 Å². The maximum Gasteiger partial charge on any atom is 0.169 e. The molecule has 2 rings (SSSR count). The highest BCUT2D eigenvalue weighted by Gasteiger charge is 2.13. The molecule has 0 spiro atoms. The Morgan fingerprint density at radius 3 is 2.72 bits per heavy atom. The van der Waals surface area contributed by atoms with E-state index in [-0.39, 0.29) is 18.0 Å². The minimum Gasteiger partial charge on any atom is -0.294 e. The van der Waals surface area contributed by atoms with E-state index in [0.29, 0.717) is 9.13 Å². The molecule has 0 amide bonds. The third-order valence-electron chi connectivity index (χ3n) is 2.67. The van der Waals surface area contributed by atoms with Crippen LogP contribution < -0.4 is 0 Å². The second kappa shape index (κ2) is 5.17. The molecule has 2 aromatic rings. The zero-order chi connectivity index (χ0) is 13.3. The van der Waals surface area contributed by atoms with E-state index < -0.39 is 0 Å². The minimum atomic E-state index is -0.327. The van der Waals surface area contributed by atoms with Gasteiger partial charge in [-0.25, -0.2) is 4.39 Å². The molecule has 0 saturated heterocycles. The predicted octanol–water partition coefficient (Wildman–Crippen LogP) is 2.90. The van der Waals surface area contributed by atoms with E-state index in [1.54, 1.807) is 4.68 Å². The number of halogens is 2. The van der Waals surface area contributed by atoms with Gasteiger partial charge >= 0.3 is 0 Å². The Morgan fingerprint density at radius 2 is 2.17 bits per heavy atom. The standard InChI is InChI=1S/C13H12FIN2O/c1-8-5-10(17(2)16-8)7-13(18)11-4-3-9(14)6-12(11)15/h3-6H,7H2,1-2H3. The van der Waals surface area contributed by atoms with Gasteiger partial charge < -0.3 is 0 Å². The van der Waals surface area contributed by atoms with Crippen molar-refractivity contribution in [2.24, 2.45) is 7.05 Å².